The van der Waals surface area contributed by atoms with Gasteiger partial charge in [0.1, 0.15) is 0 Å². The molecule has 3 aromatic rings. The van der Waals surface area contributed by atoms with Crippen LogP contribution in [-0.4, -0.2) is 25.6 Å². The van der Waals surface area contributed by atoms with Crippen LogP contribution in [0.5, 0.6) is 0 Å². The summed E-state index contributed by atoms with van der Waals surface area (Å²) in [6.45, 7) is 0. The van der Waals surface area contributed by atoms with Crippen molar-refractivity contribution < 1.29 is 9.72 Å². The van der Waals surface area contributed by atoms with Crippen LogP contribution in [0.1, 0.15) is 22.0 Å². The quantitative estimate of drug-likeness (QED) is 0.490. The predicted octanol–water partition coefficient (Wildman–Crippen LogP) is 4.38. The van der Waals surface area contributed by atoms with Gasteiger partial charge in [-0.25, -0.2) is 4.98 Å². The van der Waals surface area contributed by atoms with Crippen LogP contribution in [0.25, 0.3) is 11.4 Å². The molecule has 1 aliphatic rings. The molecule has 0 saturated heterocycles. The topological polar surface area (TPSA) is 90.9 Å². The van der Waals surface area contributed by atoms with Crippen LogP contribution in [0.4, 0.5) is 5.69 Å². The normalized spacial score (nSPS) is 16.3. The number of nitrogens with zero attached hydrogens (tertiary/aromatic N) is 4. The van der Waals surface area contributed by atoms with Gasteiger partial charge in [-0.2, -0.15) is 4.68 Å². The molecule has 0 unspecified atom stereocenters. The van der Waals surface area contributed by atoms with Gasteiger partial charge in [-0.15, -0.1) is 5.10 Å². The smallest absolute Gasteiger partial charge is 0.269 e. The lowest BCUT2D eigenvalue weighted by atomic mass is 10.1. The third-order valence-electron chi connectivity index (χ3n) is 3.98. The minimum absolute atomic E-state index is 0.00411. The number of benzene rings is 2. The van der Waals surface area contributed by atoms with E-state index in [1.165, 1.54) is 28.6 Å². The van der Waals surface area contributed by atoms with E-state index in [0.29, 0.717) is 16.0 Å². The molecule has 1 aliphatic heterocycles. The molecule has 2 heterocycles. The number of nitro benzene ring substituents is 1. The Kier molecular flexibility index (Phi) is 4.21. The third-order valence-corrected chi connectivity index (χ3v) is 5.43. The van der Waals surface area contributed by atoms with Gasteiger partial charge in [0.2, 0.25) is 0 Å². The van der Waals surface area contributed by atoms with E-state index in [1.807, 2.05) is 0 Å². The first kappa shape index (κ1) is 16.7. The number of halogens is 1. The molecular weight excluding hydrogens is 376 g/mol. The molecule has 0 fully saturated rings. The first-order valence-corrected chi connectivity index (χ1v) is 8.94. The zero-order chi connectivity index (χ0) is 18.3. The van der Waals surface area contributed by atoms with Crippen molar-refractivity contribution in [3.63, 3.8) is 0 Å². The number of nitro groups is 1. The van der Waals surface area contributed by atoms with E-state index in [9.17, 15) is 14.9 Å². The van der Waals surface area contributed by atoms with Crippen LogP contribution >= 0.6 is 23.4 Å². The SMILES string of the molecule is O=C1C[C@H](c2cccc([N+](=O)[O-])c2)Sc2nc(-c3ccc(Cl)cc3)nn21. The number of non-ortho nitro benzene ring substituents is 1. The van der Waals surface area contributed by atoms with Crippen LogP contribution in [0.2, 0.25) is 5.02 Å². The van der Waals surface area contributed by atoms with Crippen molar-refractivity contribution in [1.82, 2.24) is 14.8 Å². The van der Waals surface area contributed by atoms with E-state index in [4.69, 9.17) is 11.6 Å². The number of carbonyl (C=O) groups excluding carboxylic acids is 1. The van der Waals surface area contributed by atoms with Gasteiger partial charge in [0.05, 0.1) is 4.92 Å². The molecule has 26 heavy (non-hydrogen) atoms. The molecule has 2 aromatic carbocycles. The molecule has 9 heteroatoms. The molecule has 0 saturated carbocycles. The second kappa shape index (κ2) is 6.54. The Balaban J connectivity index is 1.66. The molecule has 0 radical (unpaired) electrons. The fourth-order valence-corrected chi connectivity index (χ4v) is 3.97. The van der Waals surface area contributed by atoms with Crippen molar-refractivity contribution in [2.45, 2.75) is 16.8 Å². The van der Waals surface area contributed by atoms with E-state index in [2.05, 4.69) is 10.1 Å². The maximum absolute atomic E-state index is 12.5. The summed E-state index contributed by atoms with van der Waals surface area (Å²) in [6.07, 6.45) is 0.197. The van der Waals surface area contributed by atoms with Crippen LogP contribution in [0.15, 0.2) is 53.7 Å². The lowest BCUT2D eigenvalue weighted by Gasteiger charge is -2.20. The van der Waals surface area contributed by atoms with E-state index >= 15 is 0 Å². The molecular formula is C17H11ClN4O3S. The number of fused-ring (bicyclic) bond motifs is 1. The average molecular weight is 387 g/mol. The largest absolute Gasteiger partial charge is 0.272 e. The predicted molar refractivity (Wildman–Crippen MR) is 97.4 cm³/mol. The molecule has 0 N–H and O–H groups in total. The standard InChI is InChI=1S/C17H11ClN4O3S/c18-12-6-4-10(5-7-12)16-19-17-21(20-16)15(23)9-14(26-17)11-2-1-3-13(8-11)22(24)25/h1-8,14H,9H2/t14-/m1/s1. The van der Waals surface area contributed by atoms with Crippen molar-refractivity contribution in [2.24, 2.45) is 0 Å². The zero-order valence-corrected chi connectivity index (χ0v) is 14.8. The first-order valence-electron chi connectivity index (χ1n) is 7.68. The molecule has 130 valence electrons. The molecule has 7 nitrogen and oxygen atoms in total. The molecule has 0 aliphatic carbocycles. The van der Waals surface area contributed by atoms with Gasteiger partial charge in [-0.05, 0) is 29.8 Å². The second-order valence-electron chi connectivity index (χ2n) is 5.69. The van der Waals surface area contributed by atoms with E-state index in [1.54, 1.807) is 36.4 Å². The maximum Gasteiger partial charge on any atom is 0.269 e. The lowest BCUT2D eigenvalue weighted by molar-refractivity contribution is -0.384. The van der Waals surface area contributed by atoms with Crippen molar-refractivity contribution in [3.05, 3.63) is 69.2 Å². The Hall–Kier alpha value is -2.71. The highest BCUT2D eigenvalue weighted by atomic mass is 35.5. The van der Waals surface area contributed by atoms with Crippen LogP contribution in [-0.2, 0) is 0 Å². The van der Waals surface area contributed by atoms with Gasteiger partial charge in [-0.3, -0.25) is 14.9 Å². The lowest BCUT2D eigenvalue weighted by Crippen LogP contribution is -2.21. The van der Waals surface area contributed by atoms with Gasteiger partial charge >= 0.3 is 0 Å². The van der Waals surface area contributed by atoms with Crippen molar-refractivity contribution in [3.8, 4) is 11.4 Å². The fourth-order valence-electron chi connectivity index (χ4n) is 2.70. The summed E-state index contributed by atoms with van der Waals surface area (Å²) >= 11 is 7.27. The third kappa shape index (κ3) is 3.09. The summed E-state index contributed by atoms with van der Waals surface area (Å²) in [7, 11) is 0. The van der Waals surface area contributed by atoms with Crippen LogP contribution in [0.3, 0.4) is 0 Å². The number of hydrogen-bond acceptors (Lipinski definition) is 6. The monoisotopic (exact) mass is 386 g/mol. The van der Waals surface area contributed by atoms with E-state index < -0.39 is 4.92 Å². The fraction of sp³-hybridized carbons (Fsp3) is 0.118. The number of aromatic nitrogens is 3. The number of carbonyl (C=O) groups is 1. The van der Waals surface area contributed by atoms with Gasteiger partial charge in [-0.1, -0.05) is 35.5 Å². The molecule has 0 amide bonds. The summed E-state index contributed by atoms with van der Waals surface area (Å²) in [5.41, 5.74) is 1.49. The summed E-state index contributed by atoms with van der Waals surface area (Å²) in [5.74, 6) is 0.250. The van der Waals surface area contributed by atoms with E-state index in [0.717, 1.165) is 11.1 Å². The Morgan fingerprint density at radius 3 is 2.73 bits per heavy atom. The Morgan fingerprint density at radius 2 is 2.00 bits per heavy atom. The van der Waals surface area contributed by atoms with Gasteiger partial charge in [0.25, 0.3) is 11.6 Å². The highest BCUT2D eigenvalue weighted by Crippen LogP contribution is 2.42. The van der Waals surface area contributed by atoms with Gasteiger partial charge in [0.15, 0.2) is 11.0 Å². The Morgan fingerprint density at radius 1 is 1.23 bits per heavy atom. The highest BCUT2D eigenvalue weighted by Gasteiger charge is 2.30. The Labute approximate surface area is 157 Å². The number of hydrogen-bond donors (Lipinski definition) is 0. The summed E-state index contributed by atoms with van der Waals surface area (Å²) in [6, 6.07) is 13.4. The molecule has 1 atom stereocenters. The van der Waals surface area contributed by atoms with Crippen molar-refractivity contribution in [1.29, 1.82) is 0 Å². The van der Waals surface area contributed by atoms with Crippen molar-refractivity contribution >= 4 is 35.0 Å². The zero-order valence-electron chi connectivity index (χ0n) is 13.2. The summed E-state index contributed by atoms with van der Waals surface area (Å²) in [4.78, 5) is 27.5. The summed E-state index contributed by atoms with van der Waals surface area (Å²) < 4.78 is 1.29. The minimum Gasteiger partial charge on any atom is -0.272 e. The van der Waals surface area contributed by atoms with Gasteiger partial charge in [0, 0.05) is 34.4 Å². The molecule has 4 rings (SSSR count). The Bertz CT molecular complexity index is 1020. The van der Waals surface area contributed by atoms with Crippen LogP contribution < -0.4 is 0 Å². The number of thioether (sulfide) groups is 1. The average Bonchev–Trinajstić information content (AvgIpc) is 3.07. The van der Waals surface area contributed by atoms with Crippen molar-refractivity contribution in [2.75, 3.05) is 0 Å². The maximum atomic E-state index is 12.5. The minimum atomic E-state index is -0.444. The number of rotatable bonds is 3. The van der Waals surface area contributed by atoms with E-state index in [-0.39, 0.29) is 23.3 Å². The molecule has 0 bridgehead atoms. The second-order valence-corrected chi connectivity index (χ2v) is 7.30. The highest BCUT2D eigenvalue weighted by molar-refractivity contribution is 7.99. The summed E-state index contributed by atoms with van der Waals surface area (Å²) in [5, 5.41) is 16.1. The molecule has 1 aromatic heterocycles. The first-order chi connectivity index (χ1) is 12.5. The van der Waals surface area contributed by atoms with Gasteiger partial charge < -0.3 is 0 Å². The van der Waals surface area contributed by atoms with Crippen LogP contribution in [0, 0.1) is 10.1 Å². The molecule has 0 spiro atoms.